The normalized spacial score (nSPS) is 14.8. The molecule has 0 atom stereocenters. The zero-order chi connectivity index (χ0) is 27.8. The van der Waals surface area contributed by atoms with Crippen LogP contribution in [0.5, 0.6) is 0 Å². The van der Waals surface area contributed by atoms with Crippen LogP contribution in [0.4, 0.5) is 8.78 Å². The molecule has 2 aromatic heterocycles. The minimum absolute atomic E-state index is 0.0264. The predicted octanol–water partition coefficient (Wildman–Crippen LogP) is 6.33. The fourth-order valence-electron chi connectivity index (χ4n) is 4.43. The maximum Gasteiger partial charge on any atom is 0.312 e. The zero-order valence-electron chi connectivity index (χ0n) is 22.3. The van der Waals surface area contributed by atoms with Gasteiger partial charge in [0, 0.05) is 37.2 Å². The minimum Gasteiger partial charge on any atom is -0.460 e. The summed E-state index contributed by atoms with van der Waals surface area (Å²) in [6.45, 7) is 8.97. The van der Waals surface area contributed by atoms with Gasteiger partial charge in [0.05, 0.1) is 5.92 Å². The number of nitrogens with zero attached hydrogens (tertiary/aromatic N) is 4. The van der Waals surface area contributed by atoms with E-state index in [1.165, 1.54) is 6.92 Å². The van der Waals surface area contributed by atoms with E-state index in [1.54, 1.807) is 30.3 Å². The highest BCUT2D eigenvalue weighted by atomic mass is 19.3. The standard InChI is InChI=1S/C29H30F2N4O4/c1-5-29(30,31)22-23(33-38-24(22)19-9-7-6-8-10-19)26-32-25(34-39-26)20-13-11-18(12-14-20)15-35-16-21(17-35)27(36)37-28(2,3)4/h6-14,21H,5,15-17H2,1-4H3. The molecule has 0 radical (unpaired) electrons. The van der Waals surface area contributed by atoms with Crippen LogP contribution in [-0.4, -0.2) is 44.9 Å². The molecule has 5 rings (SSSR count). The van der Waals surface area contributed by atoms with E-state index in [2.05, 4.69) is 20.2 Å². The second-order valence-corrected chi connectivity index (χ2v) is 10.7. The van der Waals surface area contributed by atoms with Crippen LogP contribution in [0, 0.1) is 5.92 Å². The van der Waals surface area contributed by atoms with Crippen LogP contribution in [0.25, 0.3) is 34.3 Å². The van der Waals surface area contributed by atoms with Gasteiger partial charge in [0.2, 0.25) is 5.82 Å². The Hall–Kier alpha value is -3.92. The smallest absolute Gasteiger partial charge is 0.312 e. The molecule has 1 saturated heterocycles. The Bertz CT molecular complexity index is 1440. The maximum absolute atomic E-state index is 15.0. The molecule has 0 saturated carbocycles. The molecule has 3 heterocycles. The number of benzene rings is 2. The van der Waals surface area contributed by atoms with Gasteiger partial charge < -0.3 is 13.8 Å². The molecule has 0 unspecified atom stereocenters. The van der Waals surface area contributed by atoms with Crippen LogP contribution >= 0.6 is 0 Å². The number of likely N-dealkylation sites (tertiary alicyclic amines) is 1. The molecule has 204 valence electrons. The lowest BCUT2D eigenvalue weighted by Gasteiger charge is -2.38. The Kier molecular flexibility index (Phi) is 7.07. The molecular formula is C29H30F2N4O4. The SMILES string of the molecule is CCC(F)(F)c1c(-c2nc(-c3ccc(CN4CC(C(=O)OC(C)(C)C)C4)cc3)no2)noc1-c1ccccc1. The van der Waals surface area contributed by atoms with E-state index in [9.17, 15) is 4.79 Å². The van der Waals surface area contributed by atoms with Crippen molar-refractivity contribution in [1.82, 2.24) is 20.2 Å². The topological polar surface area (TPSA) is 94.5 Å². The monoisotopic (exact) mass is 536 g/mol. The van der Waals surface area contributed by atoms with Crippen molar-refractivity contribution in [2.45, 2.75) is 52.2 Å². The largest absolute Gasteiger partial charge is 0.460 e. The van der Waals surface area contributed by atoms with Gasteiger partial charge in [-0.05, 0) is 26.3 Å². The number of alkyl halides is 2. The first-order chi connectivity index (χ1) is 18.5. The average molecular weight is 537 g/mol. The van der Waals surface area contributed by atoms with E-state index in [-0.39, 0.29) is 40.6 Å². The summed E-state index contributed by atoms with van der Waals surface area (Å²) < 4.78 is 46.3. The van der Waals surface area contributed by atoms with Crippen molar-refractivity contribution in [3.05, 3.63) is 65.7 Å². The Labute approximate surface area is 224 Å². The predicted molar refractivity (Wildman–Crippen MR) is 139 cm³/mol. The van der Waals surface area contributed by atoms with Crippen LogP contribution in [0.3, 0.4) is 0 Å². The summed E-state index contributed by atoms with van der Waals surface area (Å²) in [4.78, 5) is 18.7. The lowest BCUT2D eigenvalue weighted by molar-refractivity contribution is -0.166. The van der Waals surface area contributed by atoms with Gasteiger partial charge in [-0.2, -0.15) is 4.98 Å². The number of halogens is 2. The van der Waals surface area contributed by atoms with E-state index in [4.69, 9.17) is 13.8 Å². The molecule has 1 fully saturated rings. The third kappa shape index (κ3) is 5.75. The molecule has 2 aromatic carbocycles. The number of carbonyl (C=O) groups excluding carboxylic acids is 1. The Morgan fingerprint density at radius 2 is 1.69 bits per heavy atom. The number of aromatic nitrogens is 3. The van der Waals surface area contributed by atoms with E-state index < -0.39 is 17.9 Å². The van der Waals surface area contributed by atoms with Gasteiger partial charge in [0.15, 0.2) is 11.5 Å². The van der Waals surface area contributed by atoms with E-state index in [0.717, 1.165) is 5.56 Å². The highest BCUT2D eigenvalue weighted by Gasteiger charge is 2.41. The first kappa shape index (κ1) is 26.7. The van der Waals surface area contributed by atoms with Gasteiger partial charge in [-0.3, -0.25) is 9.69 Å². The highest BCUT2D eigenvalue weighted by Crippen LogP contribution is 2.44. The van der Waals surface area contributed by atoms with Crippen molar-refractivity contribution in [2.24, 2.45) is 5.92 Å². The molecule has 0 aliphatic carbocycles. The second kappa shape index (κ2) is 10.3. The molecule has 0 N–H and O–H groups in total. The van der Waals surface area contributed by atoms with Crippen LogP contribution in [0.15, 0.2) is 63.6 Å². The van der Waals surface area contributed by atoms with Gasteiger partial charge in [-0.1, -0.05) is 71.8 Å². The Balaban J connectivity index is 1.29. The van der Waals surface area contributed by atoms with Crippen LogP contribution in [0.2, 0.25) is 0 Å². The first-order valence-corrected chi connectivity index (χ1v) is 12.9. The third-order valence-electron chi connectivity index (χ3n) is 6.48. The number of hydrogen-bond donors (Lipinski definition) is 0. The molecule has 8 nitrogen and oxygen atoms in total. The van der Waals surface area contributed by atoms with Crippen molar-refractivity contribution in [2.75, 3.05) is 13.1 Å². The van der Waals surface area contributed by atoms with Gasteiger partial charge in [-0.25, -0.2) is 8.78 Å². The lowest BCUT2D eigenvalue weighted by atomic mass is 9.98. The number of hydrogen-bond acceptors (Lipinski definition) is 8. The first-order valence-electron chi connectivity index (χ1n) is 12.9. The fourth-order valence-corrected chi connectivity index (χ4v) is 4.43. The molecule has 0 amide bonds. The van der Waals surface area contributed by atoms with Crippen LogP contribution in [0.1, 0.15) is 45.2 Å². The van der Waals surface area contributed by atoms with E-state index >= 15 is 8.78 Å². The van der Waals surface area contributed by atoms with Crippen LogP contribution < -0.4 is 0 Å². The highest BCUT2D eigenvalue weighted by molar-refractivity contribution is 5.74. The molecule has 1 aliphatic heterocycles. The minimum atomic E-state index is -3.21. The molecular weight excluding hydrogens is 506 g/mol. The summed E-state index contributed by atoms with van der Waals surface area (Å²) in [7, 11) is 0. The number of rotatable bonds is 8. The summed E-state index contributed by atoms with van der Waals surface area (Å²) >= 11 is 0. The van der Waals surface area contributed by atoms with Crippen molar-refractivity contribution >= 4 is 5.97 Å². The quantitative estimate of drug-likeness (QED) is 0.241. The fraction of sp³-hybridized carbons (Fsp3) is 0.379. The van der Waals surface area contributed by atoms with E-state index in [1.807, 2.05) is 45.0 Å². The van der Waals surface area contributed by atoms with Crippen LogP contribution in [-0.2, 0) is 22.0 Å². The molecule has 0 bridgehead atoms. The summed E-state index contributed by atoms with van der Waals surface area (Å²) in [5.41, 5.74) is 1.17. The van der Waals surface area contributed by atoms with Crippen molar-refractivity contribution in [1.29, 1.82) is 0 Å². The number of esters is 1. The number of ether oxygens (including phenoxy) is 1. The third-order valence-corrected chi connectivity index (χ3v) is 6.48. The zero-order valence-corrected chi connectivity index (χ0v) is 22.3. The molecule has 10 heteroatoms. The van der Waals surface area contributed by atoms with Gasteiger partial charge in [0.1, 0.15) is 11.2 Å². The molecule has 4 aromatic rings. The van der Waals surface area contributed by atoms with Crippen molar-refractivity contribution < 1.29 is 27.4 Å². The van der Waals surface area contributed by atoms with Gasteiger partial charge in [-0.15, -0.1) is 0 Å². The van der Waals surface area contributed by atoms with Gasteiger partial charge in [0.25, 0.3) is 11.8 Å². The lowest BCUT2D eigenvalue weighted by Crippen LogP contribution is -2.51. The van der Waals surface area contributed by atoms with Crippen molar-refractivity contribution in [3.63, 3.8) is 0 Å². The average Bonchev–Trinajstić information content (AvgIpc) is 3.54. The molecule has 39 heavy (non-hydrogen) atoms. The summed E-state index contributed by atoms with van der Waals surface area (Å²) in [6.07, 6.45) is -0.445. The summed E-state index contributed by atoms with van der Waals surface area (Å²) in [5.74, 6) is -3.40. The Morgan fingerprint density at radius 3 is 2.33 bits per heavy atom. The number of carbonyl (C=O) groups is 1. The van der Waals surface area contributed by atoms with Gasteiger partial charge >= 0.3 is 5.97 Å². The summed E-state index contributed by atoms with van der Waals surface area (Å²) in [5, 5.41) is 7.89. The Morgan fingerprint density at radius 1 is 1.00 bits per heavy atom. The molecule has 0 spiro atoms. The second-order valence-electron chi connectivity index (χ2n) is 10.7. The molecule has 1 aliphatic rings. The maximum atomic E-state index is 15.0. The van der Waals surface area contributed by atoms with Crippen molar-refractivity contribution in [3.8, 4) is 34.3 Å². The van der Waals surface area contributed by atoms with E-state index in [0.29, 0.717) is 30.8 Å². The summed E-state index contributed by atoms with van der Waals surface area (Å²) in [6, 6.07) is 16.2.